The second-order valence-electron chi connectivity index (χ2n) is 5.97. The van der Waals surface area contributed by atoms with Crippen molar-refractivity contribution < 1.29 is 19.5 Å². The highest BCUT2D eigenvalue weighted by Crippen LogP contribution is 2.36. The molecule has 6 heteroatoms. The number of hydrogen-bond donors (Lipinski definition) is 2. The number of amides is 2. The number of anilines is 1. The minimum atomic E-state index is -1.05. The number of aromatic nitrogens is 1. The Kier molecular flexibility index (Phi) is 3.39. The normalized spacial score (nSPS) is 17.4. The van der Waals surface area contributed by atoms with Gasteiger partial charge in [-0.3, -0.25) is 14.5 Å². The number of rotatable bonds is 3. The number of carboxylic acid groups (broad SMARTS) is 1. The van der Waals surface area contributed by atoms with E-state index in [0.29, 0.717) is 5.69 Å². The van der Waals surface area contributed by atoms with Crippen LogP contribution >= 0.6 is 0 Å². The van der Waals surface area contributed by atoms with Gasteiger partial charge < -0.3 is 10.1 Å². The summed E-state index contributed by atoms with van der Waals surface area (Å²) in [6.07, 6.45) is 1.87. The number of aromatic carboxylic acids is 1. The first-order valence-electron chi connectivity index (χ1n) is 7.82. The van der Waals surface area contributed by atoms with Gasteiger partial charge in [-0.1, -0.05) is 18.2 Å². The molecule has 6 nitrogen and oxygen atoms in total. The fourth-order valence-corrected chi connectivity index (χ4v) is 3.28. The molecule has 0 bridgehead atoms. The average molecular weight is 334 g/mol. The molecule has 0 saturated carbocycles. The van der Waals surface area contributed by atoms with Gasteiger partial charge in [0.2, 0.25) is 11.8 Å². The predicted molar refractivity (Wildman–Crippen MR) is 91.6 cm³/mol. The summed E-state index contributed by atoms with van der Waals surface area (Å²) in [6, 6.07) is 13.4. The van der Waals surface area contributed by atoms with Crippen LogP contribution < -0.4 is 4.90 Å². The third-order valence-corrected chi connectivity index (χ3v) is 4.52. The van der Waals surface area contributed by atoms with Crippen LogP contribution in [0.4, 0.5) is 5.69 Å². The first-order valence-corrected chi connectivity index (χ1v) is 7.82. The number of benzene rings is 2. The maximum Gasteiger partial charge on any atom is 0.335 e. The van der Waals surface area contributed by atoms with Gasteiger partial charge in [0.15, 0.2) is 0 Å². The number of carbonyl (C=O) groups is 3. The SMILES string of the molecule is O=C(O)c1ccc(N2C(=O)CC(c3c[nH]c4ccccc34)C2=O)cc1. The van der Waals surface area contributed by atoms with E-state index in [2.05, 4.69) is 4.98 Å². The zero-order valence-electron chi connectivity index (χ0n) is 13.1. The molecular weight excluding hydrogens is 320 g/mol. The molecule has 1 saturated heterocycles. The van der Waals surface area contributed by atoms with E-state index in [0.717, 1.165) is 21.4 Å². The van der Waals surface area contributed by atoms with Crippen LogP contribution in [0.15, 0.2) is 54.7 Å². The molecule has 25 heavy (non-hydrogen) atoms. The molecule has 1 aliphatic heterocycles. The number of H-pyrrole nitrogens is 1. The van der Waals surface area contributed by atoms with Crippen molar-refractivity contribution in [3.8, 4) is 0 Å². The largest absolute Gasteiger partial charge is 0.478 e. The number of nitrogens with zero attached hydrogens (tertiary/aromatic N) is 1. The fraction of sp³-hybridized carbons (Fsp3) is 0.105. The Labute approximate surface area is 142 Å². The second kappa shape index (κ2) is 5.59. The van der Waals surface area contributed by atoms with Crippen LogP contribution in [0.1, 0.15) is 28.3 Å². The minimum absolute atomic E-state index is 0.0986. The molecule has 1 fully saturated rings. The fourth-order valence-electron chi connectivity index (χ4n) is 3.28. The monoisotopic (exact) mass is 334 g/mol. The minimum Gasteiger partial charge on any atom is -0.478 e. The Morgan fingerprint density at radius 3 is 2.52 bits per heavy atom. The molecule has 4 rings (SSSR count). The summed E-state index contributed by atoms with van der Waals surface area (Å²) in [5.41, 5.74) is 2.22. The second-order valence-corrected chi connectivity index (χ2v) is 5.97. The van der Waals surface area contributed by atoms with Crippen molar-refractivity contribution in [1.82, 2.24) is 4.98 Å². The summed E-state index contributed by atoms with van der Waals surface area (Å²) in [7, 11) is 0. The summed E-state index contributed by atoms with van der Waals surface area (Å²) >= 11 is 0. The summed E-state index contributed by atoms with van der Waals surface area (Å²) < 4.78 is 0. The molecule has 0 radical (unpaired) electrons. The van der Waals surface area contributed by atoms with Gasteiger partial charge in [0.25, 0.3) is 0 Å². The van der Waals surface area contributed by atoms with Crippen molar-refractivity contribution in [2.75, 3.05) is 4.90 Å². The molecule has 0 spiro atoms. The van der Waals surface area contributed by atoms with Gasteiger partial charge in [0, 0.05) is 23.5 Å². The Morgan fingerprint density at radius 1 is 1.08 bits per heavy atom. The number of fused-ring (bicyclic) bond motifs is 1. The Hall–Kier alpha value is -3.41. The van der Waals surface area contributed by atoms with E-state index >= 15 is 0 Å². The molecule has 124 valence electrons. The van der Waals surface area contributed by atoms with Crippen molar-refractivity contribution in [3.63, 3.8) is 0 Å². The molecule has 2 aromatic carbocycles. The van der Waals surface area contributed by atoms with Gasteiger partial charge >= 0.3 is 5.97 Å². The molecular formula is C19H14N2O4. The van der Waals surface area contributed by atoms with Gasteiger partial charge in [0.1, 0.15) is 0 Å². The van der Waals surface area contributed by atoms with E-state index in [4.69, 9.17) is 5.11 Å². The zero-order chi connectivity index (χ0) is 17.6. The smallest absolute Gasteiger partial charge is 0.335 e. The lowest BCUT2D eigenvalue weighted by molar-refractivity contribution is -0.121. The highest BCUT2D eigenvalue weighted by Gasteiger charge is 2.41. The van der Waals surface area contributed by atoms with Crippen molar-refractivity contribution in [1.29, 1.82) is 0 Å². The topological polar surface area (TPSA) is 90.5 Å². The number of nitrogens with one attached hydrogen (secondary N) is 1. The first kappa shape index (κ1) is 15.1. The molecule has 2 N–H and O–H groups in total. The van der Waals surface area contributed by atoms with Crippen LogP contribution in [0.2, 0.25) is 0 Å². The van der Waals surface area contributed by atoms with Crippen LogP contribution in [-0.2, 0) is 9.59 Å². The van der Waals surface area contributed by atoms with Crippen LogP contribution in [0, 0.1) is 0 Å². The standard InChI is InChI=1S/C19H14N2O4/c22-17-9-14(15-10-20-16-4-2-1-3-13(15)16)18(23)21(17)12-7-5-11(6-8-12)19(24)25/h1-8,10,14,20H,9H2,(H,24,25). The lowest BCUT2D eigenvalue weighted by atomic mass is 9.97. The summed E-state index contributed by atoms with van der Waals surface area (Å²) in [5.74, 6) is -2.17. The van der Waals surface area contributed by atoms with E-state index in [-0.39, 0.29) is 23.8 Å². The van der Waals surface area contributed by atoms with Crippen LogP contribution in [-0.4, -0.2) is 27.9 Å². The van der Waals surface area contributed by atoms with Crippen LogP contribution in [0.3, 0.4) is 0 Å². The highest BCUT2D eigenvalue weighted by atomic mass is 16.4. The molecule has 1 aliphatic rings. The lowest BCUT2D eigenvalue weighted by Gasteiger charge is -2.15. The number of carbonyl (C=O) groups excluding carboxylic acids is 2. The maximum atomic E-state index is 12.9. The van der Waals surface area contributed by atoms with E-state index in [1.54, 1.807) is 6.20 Å². The summed E-state index contributed by atoms with van der Waals surface area (Å²) in [5, 5.41) is 9.89. The van der Waals surface area contributed by atoms with Gasteiger partial charge in [-0.25, -0.2) is 4.79 Å². The Balaban J connectivity index is 1.69. The molecule has 0 aliphatic carbocycles. The zero-order valence-corrected chi connectivity index (χ0v) is 13.1. The third kappa shape index (κ3) is 2.39. The quantitative estimate of drug-likeness (QED) is 0.721. The first-order chi connectivity index (χ1) is 12.1. The molecule has 1 atom stereocenters. The predicted octanol–water partition coefficient (Wildman–Crippen LogP) is 2.91. The average Bonchev–Trinajstić information content (AvgIpc) is 3.16. The number of hydrogen-bond acceptors (Lipinski definition) is 3. The molecule has 3 aromatic rings. The molecule has 1 unspecified atom stereocenters. The van der Waals surface area contributed by atoms with Gasteiger partial charge in [-0.05, 0) is 35.9 Å². The van der Waals surface area contributed by atoms with Crippen molar-refractivity contribution in [2.24, 2.45) is 0 Å². The van der Waals surface area contributed by atoms with E-state index < -0.39 is 11.9 Å². The third-order valence-electron chi connectivity index (χ3n) is 4.52. The maximum absolute atomic E-state index is 12.9. The Morgan fingerprint density at radius 2 is 1.80 bits per heavy atom. The van der Waals surface area contributed by atoms with Crippen molar-refractivity contribution in [2.45, 2.75) is 12.3 Å². The summed E-state index contributed by atoms with van der Waals surface area (Å²) in [6.45, 7) is 0. The molecule has 2 heterocycles. The van der Waals surface area contributed by atoms with E-state index in [9.17, 15) is 14.4 Å². The number of aromatic amines is 1. The molecule has 2 amide bonds. The molecule has 1 aromatic heterocycles. The van der Waals surface area contributed by atoms with E-state index in [1.807, 2.05) is 24.3 Å². The van der Waals surface area contributed by atoms with Crippen LogP contribution in [0.25, 0.3) is 10.9 Å². The van der Waals surface area contributed by atoms with Gasteiger partial charge in [-0.2, -0.15) is 0 Å². The van der Waals surface area contributed by atoms with Gasteiger partial charge in [-0.15, -0.1) is 0 Å². The summed E-state index contributed by atoms with van der Waals surface area (Å²) in [4.78, 5) is 40.5. The van der Waals surface area contributed by atoms with Gasteiger partial charge in [0.05, 0.1) is 17.2 Å². The highest BCUT2D eigenvalue weighted by molar-refractivity contribution is 6.23. The van der Waals surface area contributed by atoms with E-state index in [1.165, 1.54) is 24.3 Å². The van der Waals surface area contributed by atoms with Crippen LogP contribution in [0.5, 0.6) is 0 Å². The van der Waals surface area contributed by atoms with Crippen molar-refractivity contribution in [3.05, 3.63) is 65.9 Å². The number of carboxylic acids is 1. The van der Waals surface area contributed by atoms with Crippen molar-refractivity contribution >= 4 is 34.4 Å². The lowest BCUT2D eigenvalue weighted by Crippen LogP contribution is -2.30. The Bertz CT molecular complexity index is 1000. The number of para-hydroxylation sites is 1. The number of imide groups is 1.